The van der Waals surface area contributed by atoms with Gasteiger partial charge in [-0.1, -0.05) is 19.1 Å². The average molecular weight is 289 g/mol. The molecule has 0 heterocycles. The average Bonchev–Trinajstić information content (AvgIpc) is 2.46. The SMILES string of the molecule is CC1CCCC(=NNC(=O)Cc2ccc([N+](=O)[O-])cc2)C1. The topological polar surface area (TPSA) is 84.6 Å². The summed E-state index contributed by atoms with van der Waals surface area (Å²) in [5.41, 5.74) is 4.38. The molecule has 1 saturated carbocycles. The second-order valence-electron chi connectivity index (χ2n) is 5.51. The maximum Gasteiger partial charge on any atom is 0.269 e. The van der Waals surface area contributed by atoms with Crippen LogP contribution in [0.15, 0.2) is 29.4 Å². The molecule has 1 atom stereocenters. The van der Waals surface area contributed by atoms with Crippen LogP contribution in [0.3, 0.4) is 0 Å². The van der Waals surface area contributed by atoms with E-state index in [0.717, 1.165) is 30.5 Å². The third kappa shape index (κ3) is 4.66. The van der Waals surface area contributed by atoms with Crippen LogP contribution in [0.4, 0.5) is 5.69 Å². The lowest BCUT2D eigenvalue weighted by Crippen LogP contribution is -2.23. The van der Waals surface area contributed by atoms with Gasteiger partial charge in [0.15, 0.2) is 0 Å². The largest absolute Gasteiger partial charge is 0.273 e. The van der Waals surface area contributed by atoms with E-state index in [9.17, 15) is 14.9 Å². The lowest BCUT2D eigenvalue weighted by molar-refractivity contribution is -0.384. The Bertz CT molecular complexity index is 552. The van der Waals surface area contributed by atoms with Gasteiger partial charge in [-0.05, 0) is 37.2 Å². The van der Waals surface area contributed by atoms with Crippen LogP contribution in [0.2, 0.25) is 0 Å². The molecule has 0 aromatic heterocycles. The Labute approximate surface area is 123 Å². The Balaban J connectivity index is 1.86. The van der Waals surface area contributed by atoms with Gasteiger partial charge in [0.05, 0.1) is 11.3 Å². The molecule has 1 aromatic carbocycles. The van der Waals surface area contributed by atoms with Crippen LogP contribution in [0.5, 0.6) is 0 Å². The molecule has 6 heteroatoms. The Morgan fingerprint density at radius 1 is 1.43 bits per heavy atom. The Morgan fingerprint density at radius 2 is 2.14 bits per heavy atom. The van der Waals surface area contributed by atoms with Gasteiger partial charge in [-0.15, -0.1) is 0 Å². The van der Waals surface area contributed by atoms with Crippen molar-refractivity contribution in [3.63, 3.8) is 0 Å². The van der Waals surface area contributed by atoms with E-state index in [1.165, 1.54) is 18.6 Å². The molecular formula is C15H19N3O3. The van der Waals surface area contributed by atoms with Crippen LogP contribution in [0.1, 0.15) is 38.2 Å². The Hall–Kier alpha value is -2.24. The molecule has 21 heavy (non-hydrogen) atoms. The van der Waals surface area contributed by atoms with Crippen molar-refractivity contribution >= 4 is 17.3 Å². The number of amides is 1. The number of carbonyl (C=O) groups excluding carboxylic acids is 1. The first-order chi connectivity index (χ1) is 10.0. The van der Waals surface area contributed by atoms with Crippen molar-refractivity contribution in [2.24, 2.45) is 11.0 Å². The van der Waals surface area contributed by atoms with E-state index < -0.39 is 4.92 Å². The standard InChI is InChI=1S/C15H19N3O3/c1-11-3-2-4-13(9-11)16-17-15(19)10-12-5-7-14(8-6-12)18(20)21/h5-8,11H,2-4,9-10H2,1H3,(H,17,19). The smallest absolute Gasteiger partial charge is 0.269 e. The first kappa shape index (κ1) is 15.2. The summed E-state index contributed by atoms with van der Waals surface area (Å²) >= 11 is 0. The van der Waals surface area contributed by atoms with Crippen molar-refractivity contribution in [1.82, 2.24) is 5.43 Å². The van der Waals surface area contributed by atoms with Gasteiger partial charge < -0.3 is 0 Å². The lowest BCUT2D eigenvalue weighted by Gasteiger charge is -2.18. The minimum atomic E-state index is -0.458. The summed E-state index contributed by atoms with van der Waals surface area (Å²) in [7, 11) is 0. The minimum Gasteiger partial charge on any atom is -0.273 e. The zero-order valence-corrected chi connectivity index (χ0v) is 12.0. The fourth-order valence-corrected chi connectivity index (χ4v) is 2.46. The summed E-state index contributed by atoms with van der Waals surface area (Å²) in [6.07, 6.45) is 4.40. The quantitative estimate of drug-likeness (QED) is 0.683. The fourth-order valence-electron chi connectivity index (χ4n) is 2.46. The van der Waals surface area contributed by atoms with Crippen LogP contribution >= 0.6 is 0 Å². The molecule has 2 rings (SSSR count). The van der Waals surface area contributed by atoms with Crippen LogP contribution in [-0.2, 0) is 11.2 Å². The van der Waals surface area contributed by atoms with Gasteiger partial charge in [-0.3, -0.25) is 14.9 Å². The second-order valence-corrected chi connectivity index (χ2v) is 5.51. The van der Waals surface area contributed by atoms with Gasteiger partial charge in [0.2, 0.25) is 5.91 Å². The molecule has 6 nitrogen and oxygen atoms in total. The van der Waals surface area contributed by atoms with E-state index in [2.05, 4.69) is 17.5 Å². The molecule has 0 aliphatic heterocycles. The van der Waals surface area contributed by atoms with Crippen LogP contribution in [0, 0.1) is 16.0 Å². The van der Waals surface area contributed by atoms with Gasteiger partial charge >= 0.3 is 0 Å². The number of hydrogen-bond donors (Lipinski definition) is 1. The van der Waals surface area contributed by atoms with E-state index in [0.29, 0.717) is 5.92 Å². The first-order valence-electron chi connectivity index (χ1n) is 7.12. The summed E-state index contributed by atoms with van der Waals surface area (Å²) in [5.74, 6) is 0.429. The van der Waals surface area contributed by atoms with Gasteiger partial charge in [-0.2, -0.15) is 5.10 Å². The first-order valence-corrected chi connectivity index (χ1v) is 7.12. The molecule has 1 fully saturated rings. The highest BCUT2D eigenvalue weighted by Crippen LogP contribution is 2.20. The molecule has 0 spiro atoms. The van der Waals surface area contributed by atoms with Crippen molar-refractivity contribution in [2.75, 3.05) is 0 Å². The van der Waals surface area contributed by atoms with Gasteiger partial charge in [-0.25, -0.2) is 5.43 Å². The predicted octanol–water partition coefficient (Wildman–Crippen LogP) is 2.82. The van der Waals surface area contributed by atoms with Crippen LogP contribution in [-0.4, -0.2) is 16.5 Å². The molecule has 0 saturated heterocycles. The third-order valence-corrected chi connectivity index (χ3v) is 3.60. The highest BCUT2D eigenvalue weighted by Gasteiger charge is 2.14. The van der Waals surface area contributed by atoms with Gasteiger partial charge in [0, 0.05) is 17.8 Å². The lowest BCUT2D eigenvalue weighted by atomic mass is 9.89. The molecule has 1 N–H and O–H groups in total. The van der Waals surface area contributed by atoms with Crippen LogP contribution in [0.25, 0.3) is 0 Å². The summed E-state index contributed by atoms with van der Waals surface area (Å²) in [6.45, 7) is 2.19. The van der Waals surface area contributed by atoms with Crippen molar-refractivity contribution in [3.05, 3.63) is 39.9 Å². The van der Waals surface area contributed by atoms with Gasteiger partial charge in [0.1, 0.15) is 0 Å². The molecule has 1 amide bonds. The van der Waals surface area contributed by atoms with Crippen molar-refractivity contribution < 1.29 is 9.72 Å². The van der Waals surface area contributed by atoms with E-state index in [1.54, 1.807) is 12.1 Å². The van der Waals surface area contributed by atoms with Crippen molar-refractivity contribution in [1.29, 1.82) is 0 Å². The van der Waals surface area contributed by atoms with Crippen LogP contribution < -0.4 is 5.43 Å². The molecular weight excluding hydrogens is 270 g/mol. The number of nitrogens with one attached hydrogen (secondary N) is 1. The Kier molecular flexibility index (Phi) is 5.03. The second kappa shape index (κ2) is 6.97. The predicted molar refractivity (Wildman–Crippen MR) is 80.0 cm³/mol. The third-order valence-electron chi connectivity index (χ3n) is 3.60. The number of nitro benzene ring substituents is 1. The number of benzene rings is 1. The summed E-state index contributed by atoms with van der Waals surface area (Å²) < 4.78 is 0. The number of nitrogens with zero attached hydrogens (tertiary/aromatic N) is 2. The zero-order chi connectivity index (χ0) is 15.2. The van der Waals surface area contributed by atoms with Gasteiger partial charge in [0.25, 0.3) is 5.69 Å². The summed E-state index contributed by atoms with van der Waals surface area (Å²) in [5, 5.41) is 14.7. The molecule has 1 unspecified atom stereocenters. The normalized spacial score (nSPS) is 20.2. The monoisotopic (exact) mass is 289 g/mol. The molecule has 0 radical (unpaired) electrons. The molecule has 0 bridgehead atoms. The number of nitro groups is 1. The Morgan fingerprint density at radius 3 is 2.76 bits per heavy atom. The van der Waals surface area contributed by atoms with Crippen molar-refractivity contribution in [3.8, 4) is 0 Å². The maximum absolute atomic E-state index is 11.8. The fraction of sp³-hybridized carbons (Fsp3) is 0.467. The number of rotatable bonds is 4. The molecule has 112 valence electrons. The zero-order valence-electron chi connectivity index (χ0n) is 12.0. The summed E-state index contributed by atoms with van der Waals surface area (Å²) in [4.78, 5) is 21.9. The number of non-ortho nitro benzene ring substituents is 1. The number of hydrazone groups is 1. The van der Waals surface area contributed by atoms with E-state index in [1.807, 2.05) is 0 Å². The molecule has 1 aromatic rings. The number of hydrogen-bond acceptors (Lipinski definition) is 4. The van der Waals surface area contributed by atoms with E-state index >= 15 is 0 Å². The highest BCUT2D eigenvalue weighted by molar-refractivity contribution is 5.87. The van der Waals surface area contributed by atoms with E-state index in [-0.39, 0.29) is 18.0 Å². The minimum absolute atomic E-state index is 0.0237. The summed E-state index contributed by atoms with van der Waals surface area (Å²) in [6, 6.07) is 5.98. The molecule has 1 aliphatic carbocycles. The highest BCUT2D eigenvalue weighted by atomic mass is 16.6. The van der Waals surface area contributed by atoms with Crippen molar-refractivity contribution in [2.45, 2.75) is 39.0 Å². The maximum atomic E-state index is 11.8. The van der Waals surface area contributed by atoms with E-state index in [4.69, 9.17) is 0 Å². The number of carbonyl (C=O) groups is 1. The molecule has 1 aliphatic rings.